The van der Waals surface area contributed by atoms with Gasteiger partial charge in [0.15, 0.2) is 0 Å². The first kappa shape index (κ1) is 20.4. The molecule has 0 radical (unpaired) electrons. The smallest absolute Gasteiger partial charge is 0.0535 e. The fraction of sp³-hybridized carbons (Fsp3) is 0.842. The summed E-state index contributed by atoms with van der Waals surface area (Å²) in [6.07, 6.45) is 7.89. The van der Waals surface area contributed by atoms with E-state index in [4.69, 9.17) is 9.47 Å². The summed E-state index contributed by atoms with van der Waals surface area (Å²) in [5, 5.41) is 10.8. The largest absolute Gasteiger partial charge is 0.385 e. The Hall–Kier alpha value is -0.950. The van der Waals surface area contributed by atoms with Crippen molar-refractivity contribution in [1.29, 1.82) is 0 Å². The first-order valence-electron chi connectivity index (χ1n) is 9.47. The topological polar surface area (TPSA) is 62.4 Å². The minimum atomic E-state index is 0.283. The van der Waals surface area contributed by atoms with Crippen molar-refractivity contribution < 1.29 is 9.47 Å². The normalized spacial score (nSPS) is 24.1. The summed E-state index contributed by atoms with van der Waals surface area (Å²) < 4.78 is 10.9. The summed E-state index contributed by atoms with van der Waals surface area (Å²) in [6.45, 7) is 4.66. The van der Waals surface area contributed by atoms with Crippen molar-refractivity contribution in [2.45, 2.75) is 44.6 Å². The molecule has 1 aliphatic carbocycles. The Kier molecular flexibility index (Phi) is 8.36. The SMILES string of the molecule is CNCCN(C)Cc1cn[nH]c1C1CCC(CCOC)(COC)CC1. The van der Waals surface area contributed by atoms with Crippen molar-refractivity contribution in [1.82, 2.24) is 20.4 Å². The average molecular weight is 353 g/mol. The Bertz CT molecular complexity index is 484. The predicted molar refractivity (Wildman–Crippen MR) is 101 cm³/mol. The molecule has 25 heavy (non-hydrogen) atoms. The van der Waals surface area contributed by atoms with E-state index >= 15 is 0 Å². The van der Waals surface area contributed by atoms with Gasteiger partial charge in [-0.15, -0.1) is 0 Å². The van der Waals surface area contributed by atoms with Crippen molar-refractivity contribution >= 4 is 0 Å². The molecule has 1 saturated carbocycles. The van der Waals surface area contributed by atoms with Gasteiger partial charge in [-0.1, -0.05) is 0 Å². The lowest BCUT2D eigenvalue weighted by Crippen LogP contribution is -2.33. The van der Waals surface area contributed by atoms with Crippen LogP contribution in [0.1, 0.15) is 49.3 Å². The van der Waals surface area contributed by atoms with E-state index < -0.39 is 0 Å². The minimum absolute atomic E-state index is 0.283. The highest BCUT2D eigenvalue weighted by Gasteiger charge is 2.36. The fourth-order valence-electron chi connectivity index (χ4n) is 4.08. The highest BCUT2D eigenvalue weighted by Crippen LogP contribution is 2.45. The van der Waals surface area contributed by atoms with Crippen LogP contribution in [0.2, 0.25) is 0 Å². The van der Waals surface area contributed by atoms with Crippen molar-refractivity contribution in [3.8, 4) is 0 Å². The molecule has 0 aliphatic heterocycles. The highest BCUT2D eigenvalue weighted by atomic mass is 16.5. The molecule has 2 rings (SSSR count). The van der Waals surface area contributed by atoms with Gasteiger partial charge in [0.25, 0.3) is 0 Å². The Morgan fingerprint density at radius 1 is 1.32 bits per heavy atom. The zero-order chi connectivity index (χ0) is 18.1. The van der Waals surface area contributed by atoms with E-state index in [1.807, 2.05) is 20.4 Å². The molecule has 2 N–H and O–H groups in total. The van der Waals surface area contributed by atoms with Crippen LogP contribution >= 0.6 is 0 Å². The number of nitrogens with one attached hydrogen (secondary N) is 2. The molecule has 6 heteroatoms. The molecular weight excluding hydrogens is 316 g/mol. The standard InChI is InChI=1S/C19H36N4O2/c1-20-10-11-23(2)14-17-13-21-22-18(17)16-5-7-19(8-6-16,15-25-4)9-12-24-3/h13,16,20H,5-12,14-15H2,1-4H3,(H,21,22). The van der Waals surface area contributed by atoms with E-state index in [1.165, 1.54) is 36.9 Å². The van der Waals surface area contributed by atoms with Crippen LogP contribution in [0.4, 0.5) is 0 Å². The Morgan fingerprint density at radius 2 is 2.08 bits per heavy atom. The molecule has 1 aromatic rings. The summed E-state index contributed by atoms with van der Waals surface area (Å²) in [7, 11) is 7.76. The lowest BCUT2D eigenvalue weighted by Gasteiger charge is -2.39. The van der Waals surface area contributed by atoms with E-state index in [0.717, 1.165) is 39.3 Å². The number of H-pyrrole nitrogens is 1. The quantitative estimate of drug-likeness (QED) is 0.640. The number of hydrogen-bond donors (Lipinski definition) is 2. The van der Waals surface area contributed by atoms with Gasteiger partial charge >= 0.3 is 0 Å². The summed E-state index contributed by atoms with van der Waals surface area (Å²) in [4.78, 5) is 2.35. The van der Waals surface area contributed by atoms with Crippen LogP contribution in [0.15, 0.2) is 6.20 Å². The zero-order valence-electron chi connectivity index (χ0n) is 16.4. The number of nitrogens with zero attached hydrogens (tertiary/aromatic N) is 2. The van der Waals surface area contributed by atoms with Gasteiger partial charge in [-0.3, -0.25) is 5.10 Å². The Labute approximate surface area is 152 Å². The van der Waals surface area contributed by atoms with Gasteiger partial charge in [0.1, 0.15) is 0 Å². The molecule has 0 atom stereocenters. The summed E-state index contributed by atoms with van der Waals surface area (Å²) >= 11 is 0. The van der Waals surface area contributed by atoms with Crippen LogP contribution in [0, 0.1) is 5.41 Å². The molecule has 0 bridgehead atoms. The second kappa shape index (κ2) is 10.3. The molecule has 6 nitrogen and oxygen atoms in total. The Morgan fingerprint density at radius 3 is 2.72 bits per heavy atom. The van der Waals surface area contributed by atoms with Gasteiger partial charge < -0.3 is 19.7 Å². The lowest BCUT2D eigenvalue weighted by atomic mass is 9.68. The van der Waals surface area contributed by atoms with Gasteiger partial charge in [-0.2, -0.15) is 5.10 Å². The molecule has 1 aliphatic rings. The van der Waals surface area contributed by atoms with E-state index in [0.29, 0.717) is 5.92 Å². The number of ether oxygens (including phenoxy) is 2. The van der Waals surface area contributed by atoms with E-state index in [9.17, 15) is 0 Å². The maximum Gasteiger partial charge on any atom is 0.0535 e. The third-order valence-electron chi connectivity index (χ3n) is 5.68. The Balaban J connectivity index is 1.95. The molecule has 0 amide bonds. The first-order chi connectivity index (χ1) is 12.1. The summed E-state index contributed by atoms with van der Waals surface area (Å²) in [5.41, 5.74) is 2.97. The van der Waals surface area contributed by atoms with Gasteiger partial charge in [0.05, 0.1) is 12.8 Å². The van der Waals surface area contributed by atoms with Gasteiger partial charge in [0, 0.05) is 57.6 Å². The zero-order valence-corrected chi connectivity index (χ0v) is 16.4. The second-order valence-electron chi connectivity index (χ2n) is 7.60. The molecule has 1 heterocycles. The highest BCUT2D eigenvalue weighted by molar-refractivity contribution is 5.21. The number of aromatic amines is 1. The van der Waals surface area contributed by atoms with E-state index in [-0.39, 0.29) is 5.41 Å². The van der Waals surface area contributed by atoms with Gasteiger partial charge in [-0.25, -0.2) is 0 Å². The average Bonchev–Trinajstić information content (AvgIpc) is 3.07. The van der Waals surface area contributed by atoms with Crippen molar-refractivity contribution in [2.24, 2.45) is 5.41 Å². The molecule has 0 spiro atoms. The van der Waals surface area contributed by atoms with Crippen LogP contribution in [0.3, 0.4) is 0 Å². The van der Waals surface area contributed by atoms with Crippen molar-refractivity contribution in [2.75, 3.05) is 54.6 Å². The fourth-order valence-corrected chi connectivity index (χ4v) is 4.08. The second-order valence-corrected chi connectivity index (χ2v) is 7.60. The van der Waals surface area contributed by atoms with Gasteiger partial charge in [-0.05, 0) is 51.6 Å². The van der Waals surface area contributed by atoms with E-state index in [1.54, 1.807) is 7.11 Å². The van der Waals surface area contributed by atoms with Crippen molar-refractivity contribution in [3.63, 3.8) is 0 Å². The molecule has 0 unspecified atom stereocenters. The minimum Gasteiger partial charge on any atom is -0.385 e. The summed E-state index contributed by atoms with van der Waals surface area (Å²) in [5.74, 6) is 0.586. The number of likely N-dealkylation sites (N-methyl/N-ethyl adjacent to an activating group) is 2. The molecule has 144 valence electrons. The van der Waals surface area contributed by atoms with Crippen LogP contribution in [0.5, 0.6) is 0 Å². The third kappa shape index (κ3) is 5.78. The molecule has 0 aromatic carbocycles. The number of methoxy groups -OCH3 is 2. The monoisotopic (exact) mass is 352 g/mol. The van der Waals surface area contributed by atoms with Crippen molar-refractivity contribution in [3.05, 3.63) is 17.5 Å². The van der Waals surface area contributed by atoms with Gasteiger partial charge in [0.2, 0.25) is 0 Å². The third-order valence-corrected chi connectivity index (χ3v) is 5.68. The molecule has 0 saturated heterocycles. The molecule has 1 fully saturated rings. The lowest BCUT2D eigenvalue weighted by molar-refractivity contribution is 0.0172. The maximum atomic E-state index is 5.53. The predicted octanol–water partition coefficient (Wildman–Crippen LogP) is 2.39. The van der Waals surface area contributed by atoms with Crippen LogP contribution < -0.4 is 5.32 Å². The number of aromatic nitrogens is 2. The number of hydrogen-bond acceptors (Lipinski definition) is 5. The van der Waals surface area contributed by atoms with E-state index in [2.05, 4.69) is 27.5 Å². The van der Waals surface area contributed by atoms with Crippen LogP contribution in [-0.2, 0) is 16.0 Å². The molecular formula is C19H36N4O2. The maximum absolute atomic E-state index is 5.53. The van der Waals surface area contributed by atoms with Crippen LogP contribution in [0.25, 0.3) is 0 Å². The number of rotatable bonds is 11. The summed E-state index contributed by atoms with van der Waals surface area (Å²) in [6, 6.07) is 0. The first-order valence-corrected chi connectivity index (χ1v) is 9.47. The van der Waals surface area contributed by atoms with Crippen LogP contribution in [-0.4, -0.2) is 69.7 Å². The molecule has 1 aromatic heterocycles.